The molecule has 0 saturated heterocycles. The molecule has 17 heavy (non-hydrogen) atoms. The summed E-state index contributed by atoms with van der Waals surface area (Å²) in [5.41, 5.74) is 1.15. The fourth-order valence-electron chi connectivity index (χ4n) is 1.64. The van der Waals surface area contributed by atoms with E-state index in [0.717, 1.165) is 25.2 Å². The van der Waals surface area contributed by atoms with E-state index in [4.69, 9.17) is 23.2 Å². The molecule has 0 unspecified atom stereocenters. The first-order valence-corrected chi connectivity index (χ1v) is 6.60. The third-order valence-electron chi connectivity index (χ3n) is 2.42. The quantitative estimate of drug-likeness (QED) is 0.855. The van der Waals surface area contributed by atoms with E-state index in [9.17, 15) is 0 Å². The van der Waals surface area contributed by atoms with Crippen LogP contribution in [0.15, 0.2) is 18.2 Å². The smallest absolute Gasteiger partial charge is 0.0424 e. The molecule has 1 aromatic carbocycles. The van der Waals surface area contributed by atoms with Gasteiger partial charge in [-0.25, -0.2) is 0 Å². The summed E-state index contributed by atoms with van der Waals surface area (Å²) in [6.07, 6.45) is 0. The largest absolute Gasteiger partial charge is 0.313 e. The molecule has 0 radical (unpaired) electrons. The van der Waals surface area contributed by atoms with Gasteiger partial charge < -0.3 is 10.2 Å². The van der Waals surface area contributed by atoms with Crippen molar-refractivity contribution in [2.24, 2.45) is 0 Å². The SMILES string of the molecule is CC(C)NCCN(C)Cc1cc(Cl)cc(Cl)c1. The normalized spacial score (nSPS) is 11.5. The van der Waals surface area contributed by atoms with Gasteiger partial charge in [-0.1, -0.05) is 37.0 Å². The molecule has 0 atom stereocenters. The highest BCUT2D eigenvalue weighted by Crippen LogP contribution is 2.19. The lowest BCUT2D eigenvalue weighted by molar-refractivity contribution is 0.320. The second-order valence-electron chi connectivity index (χ2n) is 4.62. The maximum atomic E-state index is 5.96. The number of likely N-dealkylation sites (N-methyl/N-ethyl adjacent to an activating group) is 1. The van der Waals surface area contributed by atoms with E-state index in [-0.39, 0.29) is 0 Å². The van der Waals surface area contributed by atoms with E-state index >= 15 is 0 Å². The predicted molar refractivity (Wildman–Crippen MR) is 75.9 cm³/mol. The molecule has 2 nitrogen and oxygen atoms in total. The highest BCUT2D eigenvalue weighted by atomic mass is 35.5. The molecular formula is C13H20Cl2N2. The lowest BCUT2D eigenvalue weighted by Gasteiger charge is -2.18. The van der Waals surface area contributed by atoms with Gasteiger partial charge in [0.25, 0.3) is 0 Å². The van der Waals surface area contributed by atoms with Crippen LogP contribution in [0.25, 0.3) is 0 Å². The van der Waals surface area contributed by atoms with Crippen LogP contribution in [0.1, 0.15) is 19.4 Å². The zero-order valence-corrected chi connectivity index (χ0v) is 12.1. The van der Waals surface area contributed by atoms with Crippen molar-refractivity contribution in [3.8, 4) is 0 Å². The van der Waals surface area contributed by atoms with Crippen molar-refractivity contribution in [2.75, 3.05) is 20.1 Å². The molecule has 0 amide bonds. The van der Waals surface area contributed by atoms with Gasteiger partial charge in [-0.15, -0.1) is 0 Å². The summed E-state index contributed by atoms with van der Waals surface area (Å²) < 4.78 is 0. The topological polar surface area (TPSA) is 15.3 Å². The Kier molecular flexibility index (Phi) is 6.28. The molecule has 0 aliphatic heterocycles. The maximum absolute atomic E-state index is 5.96. The first kappa shape index (κ1) is 14.8. The lowest BCUT2D eigenvalue weighted by Crippen LogP contribution is -2.32. The maximum Gasteiger partial charge on any atom is 0.0424 e. The van der Waals surface area contributed by atoms with Gasteiger partial charge in [0, 0.05) is 35.7 Å². The standard InChI is InChI=1S/C13H20Cl2N2/c1-10(2)16-4-5-17(3)9-11-6-12(14)8-13(15)7-11/h6-8,10,16H,4-5,9H2,1-3H3. The molecule has 0 fully saturated rings. The molecule has 0 bridgehead atoms. The number of hydrogen-bond donors (Lipinski definition) is 1. The fourth-order valence-corrected chi connectivity index (χ4v) is 2.21. The number of hydrogen-bond acceptors (Lipinski definition) is 2. The summed E-state index contributed by atoms with van der Waals surface area (Å²) in [6.45, 7) is 7.15. The van der Waals surface area contributed by atoms with Crippen molar-refractivity contribution < 1.29 is 0 Å². The molecule has 1 N–H and O–H groups in total. The summed E-state index contributed by atoms with van der Waals surface area (Å²) in [6, 6.07) is 6.20. The van der Waals surface area contributed by atoms with Gasteiger partial charge in [0.2, 0.25) is 0 Å². The van der Waals surface area contributed by atoms with E-state index in [0.29, 0.717) is 16.1 Å². The average molecular weight is 275 g/mol. The molecule has 0 aliphatic rings. The lowest BCUT2D eigenvalue weighted by atomic mass is 10.2. The van der Waals surface area contributed by atoms with E-state index in [1.807, 2.05) is 12.1 Å². The highest BCUT2D eigenvalue weighted by Gasteiger charge is 2.03. The Morgan fingerprint density at radius 1 is 1.18 bits per heavy atom. The molecule has 1 rings (SSSR count). The highest BCUT2D eigenvalue weighted by molar-refractivity contribution is 6.34. The van der Waals surface area contributed by atoms with Crippen molar-refractivity contribution >= 4 is 23.2 Å². The molecular weight excluding hydrogens is 255 g/mol. The number of halogens is 2. The van der Waals surface area contributed by atoms with Crippen LogP contribution in [0.3, 0.4) is 0 Å². The minimum absolute atomic E-state index is 0.531. The Labute approximate surface area is 114 Å². The summed E-state index contributed by atoms with van der Waals surface area (Å²) in [5.74, 6) is 0. The van der Waals surface area contributed by atoms with E-state index in [1.165, 1.54) is 0 Å². The number of nitrogens with one attached hydrogen (secondary N) is 1. The van der Waals surface area contributed by atoms with Crippen LogP contribution in [-0.4, -0.2) is 31.1 Å². The summed E-state index contributed by atoms with van der Waals surface area (Å²) in [4.78, 5) is 2.25. The monoisotopic (exact) mass is 274 g/mol. The van der Waals surface area contributed by atoms with E-state index < -0.39 is 0 Å². The molecule has 0 spiro atoms. The average Bonchev–Trinajstić information content (AvgIpc) is 2.14. The molecule has 0 aromatic heterocycles. The van der Waals surface area contributed by atoms with Crippen LogP contribution in [0.5, 0.6) is 0 Å². The number of rotatable bonds is 6. The van der Waals surface area contributed by atoms with Gasteiger partial charge in [-0.05, 0) is 30.8 Å². The van der Waals surface area contributed by atoms with Crippen molar-refractivity contribution in [3.63, 3.8) is 0 Å². The molecule has 0 heterocycles. The molecule has 4 heteroatoms. The second-order valence-corrected chi connectivity index (χ2v) is 5.50. The van der Waals surface area contributed by atoms with Gasteiger partial charge in [0.05, 0.1) is 0 Å². The van der Waals surface area contributed by atoms with Crippen LogP contribution in [0.4, 0.5) is 0 Å². The van der Waals surface area contributed by atoms with Crippen molar-refractivity contribution in [1.82, 2.24) is 10.2 Å². The second kappa shape index (κ2) is 7.22. The zero-order chi connectivity index (χ0) is 12.8. The van der Waals surface area contributed by atoms with Gasteiger partial charge in [-0.2, -0.15) is 0 Å². The Balaban J connectivity index is 2.42. The number of nitrogens with zero attached hydrogens (tertiary/aromatic N) is 1. The number of benzene rings is 1. The summed E-state index contributed by atoms with van der Waals surface area (Å²) in [7, 11) is 2.09. The third kappa shape index (κ3) is 6.27. The Hall–Kier alpha value is -0.280. The molecule has 1 aromatic rings. The third-order valence-corrected chi connectivity index (χ3v) is 2.86. The Morgan fingerprint density at radius 2 is 1.76 bits per heavy atom. The van der Waals surface area contributed by atoms with Crippen LogP contribution >= 0.6 is 23.2 Å². The van der Waals surface area contributed by atoms with Crippen LogP contribution in [0, 0.1) is 0 Å². The van der Waals surface area contributed by atoms with Gasteiger partial charge in [-0.3, -0.25) is 0 Å². The van der Waals surface area contributed by atoms with Crippen molar-refractivity contribution in [3.05, 3.63) is 33.8 Å². The summed E-state index contributed by atoms with van der Waals surface area (Å²) in [5, 5.41) is 4.78. The molecule has 96 valence electrons. The molecule has 0 aliphatic carbocycles. The van der Waals surface area contributed by atoms with Crippen molar-refractivity contribution in [1.29, 1.82) is 0 Å². The van der Waals surface area contributed by atoms with E-state index in [2.05, 4.69) is 31.1 Å². The van der Waals surface area contributed by atoms with Gasteiger partial charge in [0.15, 0.2) is 0 Å². The van der Waals surface area contributed by atoms with Crippen LogP contribution in [-0.2, 0) is 6.54 Å². The van der Waals surface area contributed by atoms with Gasteiger partial charge in [0.1, 0.15) is 0 Å². The van der Waals surface area contributed by atoms with Crippen molar-refractivity contribution in [2.45, 2.75) is 26.4 Å². The van der Waals surface area contributed by atoms with E-state index in [1.54, 1.807) is 6.07 Å². The predicted octanol–water partition coefficient (Wildman–Crippen LogP) is 3.42. The minimum Gasteiger partial charge on any atom is -0.313 e. The summed E-state index contributed by atoms with van der Waals surface area (Å²) >= 11 is 11.9. The molecule has 0 saturated carbocycles. The first-order chi connectivity index (χ1) is 7.97. The zero-order valence-electron chi connectivity index (χ0n) is 10.6. The van der Waals surface area contributed by atoms with Crippen LogP contribution < -0.4 is 5.32 Å². The van der Waals surface area contributed by atoms with Crippen LogP contribution in [0.2, 0.25) is 10.0 Å². The Morgan fingerprint density at radius 3 is 2.29 bits per heavy atom. The first-order valence-electron chi connectivity index (χ1n) is 5.84. The Bertz CT molecular complexity index is 333. The van der Waals surface area contributed by atoms with Gasteiger partial charge >= 0.3 is 0 Å². The fraction of sp³-hybridized carbons (Fsp3) is 0.538. The minimum atomic E-state index is 0.531.